The fraction of sp³-hybridized carbons (Fsp3) is 0.818. The Hall–Kier alpha value is -1.06. The summed E-state index contributed by atoms with van der Waals surface area (Å²) in [5, 5.41) is 17.1. The van der Waals surface area contributed by atoms with Crippen molar-refractivity contribution in [1.82, 2.24) is 4.90 Å². The number of likely N-dealkylation sites (tertiary alicyclic amines) is 1. The minimum absolute atomic E-state index is 0.283. The Kier molecular flexibility index (Phi) is 5.04. The first-order chi connectivity index (χ1) is 6.86. The zero-order valence-electron chi connectivity index (χ0n) is 8.58. The molecule has 14 heavy (non-hydrogen) atoms. The molecule has 0 aromatic rings. The molecule has 76 valence electrons. The van der Waals surface area contributed by atoms with Gasteiger partial charge in [0.2, 0.25) is 0 Å². The predicted molar refractivity (Wildman–Crippen MR) is 54.2 cm³/mol. The normalized spacial score (nSPS) is 18.7. The van der Waals surface area contributed by atoms with Crippen LogP contribution in [0, 0.1) is 28.6 Å². The lowest BCUT2D eigenvalue weighted by Crippen LogP contribution is -2.33. The standard InChI is InChI=1S/C11H17N3/c12-6-2-1-3-7-14-8-4-11(10-13)5-9-14/h11H,1-5,7-9H2. The smallest absolute Gasteiger partial charge is 0.0656 e. The Balaban J connectivity index is 2.05. The first-order valence-electron chi connectivity index (χ1n) is 5.35. The van der Waals surface area contributed by atoms with E-state index in [2.05, 4.69) is 17.0 Å². The summed E-state index contributed by atoms with van der Waals surface area (Å²) in [5.41, 5.74) is 0. The molecular weight excluding hydrogens is 174 g/mol. The van der Waals surface area contributed by atoms with Crippen LogP contribution in [-0.2, 0) is 0 Å². The maximum atomic E-state index is 8.72. The van der Waals surface area contributed by atoms with Crippen LogP contribution in [0.1, 0.15) is 32.1 Å². The van der Waals surface area contributed by atoms with Gasteiger partial charge in [-0.25, -0.2) is 0 Å². The monoisotopic (exact) mass is 191 g/mol. The van der Waals surface area contributed by atoms with Gasteiger partial charge < -0.3 is 4.90 Å². The van der Waals surface area contributed by atoms with Crippen LogP contribution in [0.4, 0.5) is 0 Å². The summed E-state index contributed by atoms with van der Waals surface area (Å²) in [6.45, 7) is 3.22. The van der Waals surface area contributed by atoms with E-state index in [1.54, 1.807) is 0 Å². The fourth-order valence-corrected chi connectivity index (χ4v) is 1.83. The van der Waals surface area contributed by atoms with E-state index in [4.69, 9.17) is 10.5 Å². The highest BCUT2D eigenvalue weighted by atomic mass is 15.1. The van der Waals surface area contributed by atoms with Crippen molar-refractivity contribution in [1.29, 1.82) is 10.5 Å². The van der Waals surface area contributed by atoms with Gasteiger partial charge in [0.25, 0.3) is 0 Å². The zero-order chi connectivity index (χ0) is 10.2. The number of piperidine rings is 1. The van der Waals surface area contributed by atoms with E-state index in [1.807, 2.05) is 0 Å². The number of nitriles is 2. The van der Waals surface area contributed by atoms with E-state index in [0.717, 1.165) is 45.3 Å². The first kappa shape index (κ1) is 11.0. The van der Waals surface area contributed by atoms with E-state index >= 15 is 0 Å². The van der Waals surface area contributed by atoms with Crippen molar-refractivity contribution in [2.24, 2.45) is 5.92 Å². The molecule has 1 aliphatic heterocycles. The van der Waals surface area contributed by atoms with Crippen LogP contribution in [0.2, 0.25) is 0 Å². The molecule has 0 bridgehead atoms. The molecule has 0 aliphatic carbocycles. The third kappa shape index (κ3) is 3.77. The van der Waals surface area contributed by atoms with Gasteiger partial charge >= 0.3 is 0 Å². The quantitative estimate of drug-likeness (QED) is 0.638. The van der Waals surface area contributed by atoms with Crippen molar-refractivity contribution in [2.45, 2.75) is 32.1 Å². The maximum absolute atomic E-state index is 8.72. The van der Waals surface area contributed by atoms with Gasteiger partial charge in [0.05, 0.1) is 12.1 Å². The zero-order valence-corrected chi connectivity index (χ0v) is 8.58. The van der Waals surface area contributed by atoms with Gasteiger partial charge in [0, 0.05) is 12.3 Å². The highest BCUT2D eigenvalue weighted by molar-refractivity contribution is 4.87. The number of rotatable bonds is 4. The van der Waals surface area contributed by atoms with E-state index < -0.39 is 0 Å². The Morgan fingerprint density at radius 3 is 2.43 bits per heavy atom. The molecule has 0 aromatic heterocycles. The van der Waals surface area contributed by atoms with E-state index in [9.17, 15) is 0 Å². The van der Waals surface area contributed by atoms with Crippen molar-refractivity contribution in [2.75, 3.05) is 19.6 Å². The lowest BCUT2D eigenvalue weighted by atomic mass is 9.98. The van der Waals surface area contributed by atoms with Crippen LogP contribution in [0.15, 0.2) is 0 Å². The van der Waals surface area contributed by atoms with Gasteiger partial charge in [0.1, 0.15) is 0 Å². The molecule has 0 saturated carbocycles. The molecule has 1 saturated heterocycles. The van der Waals surface area contributed by atoms with Crippen LogP contribution < -0.4 is 0 Å². The van der Waals surface area contributed by atoms with E-state index in [1.165, 1.54) is 0 Å². The molecule has 0 aromatic carbocycles. The Labute approximate surface area is 85.9 Å². The second-order valence-electron chi connectivity index (χ2n) is 3.86. The number of nitrogens with zero attached hydrogens (tertiary/aromatic N) is 3. The SMILES string of the molecule is N#CCCCCN1CCC(C#N)CC1. The highest BCUT2D eigenvalue weighted by Crippen LogP contribution is 2.16. The molecule has 1 fully saturated rings. The van der Waals surface area contributed by atoms with Gasteiger partial charge in [0.15, 0.2) is 0 Å². The minimum Gasteiger partial charge on any atom is -0.303 e. The lowest BCUT2D eigenvalue weighted by Gasteiger charge is -2.28. The van der Waals surface area contributed by atoms with Crippen LogP contribution in [0.25, 0.3) is 0 Å². The number of hydrogen-bond donors (Lipinski definition) is 0. The van der Waals surface area contributed by atoms with Crippen molar-refractivity contribution in [3.05, 3.63) is 0 Å². The summed E-state index contributed by atoms with van der Waals surface area (Å²) < 4.78 is 0. The summed E-state index contributed by atoms with van der Waals surface area (Å²) in [5.74, 6) is 0.283. The topological polar surface area (TPSA) is 50.8 Å². The Bertz CT molecular complexity index is 228. The Morgan fingerprint density at radius 2 is 1.86 bits per heavy atom. The summed E-state index contributed by atoms with van der Waals surface area (Å²) in [6.07, 6.45) is 4.84. The molecule has 1 rings (SSSR count). The molecule has 1 aliphatic rings. The van der Waals surface area contributed by atoms with Gasteiger partial charge in [-0.1, -0.05) is 0 Å². The molecule has 3 nitrogen and oxygen atoms in total. The predicted octanol–water partition coefficient (Wildman–Crippen LogP) is 1.92. The number of unbranched alkanes of at least 4 members (excludes halogenated alkanes) is 2. The maximum Gasteiger partial charge on any atom is 0.0656 e. The van der Waals surface area contributed by atoms with Gasteiger partial charge in [-0.3, -0.25) is 0 Å². The van der Waals surface area contributed by atoms with Crippen LogP contribution in [0.5, 0.6) is 0 Å². The van der Waals surface area contributed by atoms with Crippen LogP contribution in [0.3, 0.4) is 0 Å². The summed E-state index contributed by atoms with van der Waals surface area (Å²) in [7, 11) is 0. The molecule has 0 unspecified atom stereocenters. The summed E-state index contributed by atoms with van der Waals surface area (Å²) in [6, 6.07) is 4.49. The minimum atomic E-state index is 0.283. The molecule has 0 N–H and O–H groups in total. The second kappa shape index (κ2) is 6.40. The largest absolute Gasteiger partial charge is 0.303 e. The third-order valence-electron chi connectivity index (χ3n) is 2.78. The first-order valence-corrected chi connectivity index (χ1v) is 5.35. The molecule has 0 atom stereocenters. The van der Waals surface area contributed by atoms with Gasteiger partial charge in [-0.2, -0.15) is 10.5 Å². The second-order valence-corrected chi connectivity index (χ2v) is 3.86. The molecule has 0 amide bonds. The highest BCUT2D eigenvalue weighted by Gasteiger charge is 2.17. The summed E-state index contributed by atoms with van der Waals surface area (Å²) >= 11 is 0. The average Bonchev–Trinajstić information content (AvgIpc) is 2.25. The van der Waals surface area contributed by atoms with Crippen LogP contribution in [-0.4, -0.2) is 24.5 Å². The third-order valence-corrected chi connectivity index (χ3v) is 2.78. The molecule has 0 radical (unpaired) electrons. The molecule has 0 spiro atoms. The van der Waals surface area contributed by atoms with Gasteiger partial charge in [-0.15, -0.1) is 0 Å². The van der Waals surface area contributed by atoms with E-state index in [0.29, 0.717) is 6.42 Å². The lowest BCUT2D eigenvalue weighted by molar-refractivity contribution is 0.202. The summed E-state index contributed by atoms with van der Waals surface area (Å²) in [4.78, 5) is 2.41. The Morgan fingerprint density at radius 1 is 1.14 bits per heavy atom. The molecular formula is C11H17N3. The van der Waals surface area contributed by atoms with Gasteiger partial charge in [-0.05, 0) is 45.3 Å². The van der Waals surface area contributed by atoms with Crippen molar-refractivity contribution in [3.63, 3.8) is 0 Å². The average molecular weight is 191 g/mol. The van der Waals surface area contributed by atoms with E-state index in [-0.39, 0.29) is 5.92 Å². The van der Waals surface area contributed by atoms with Crippen LogP contribution >= 0.6 is 0 Å². The number of hydrogen-bond acceptors (Lipinski definition) is 3. The van der Waals surface area contributed by atoms with Crippen molar-refractivity contribution >= 4 is 0 Å². The van der Waals surface area contributed by atoms with Crippen molar-refractivity contribution < 1.29 is 0 Å². The fourth-order valence-electron chi connectivity index (χ4n) is 1.83. The molecule has 3 heteroatoms. The van der Waals surface area contributed by atoms with Crippen molar-refractivity contribution in [3.8, 4) is 12.1 Å². The molecule has 1 heterocycles.